The van der Waals surface area contributed by atoms with Crippen LogP contribution in [-0.2, 0) is 23.9 Å². The molecule has 0 aromatic heterocycles. The molecule has 3 atom stereocenters. The molecular formula is C13H10Cl2I3NO5. The van der Waals surface area contributed by atoms with Gasteiger partial charge in [-0.3, -0.25) is 19.2 Å². The third-order valence-corrected chi connectivity index (χ3v) is 7.26. The Morgan fingerprint density at radius 3 is 2.25 bits per heavy atom. The van der Waals surface area contributed by atoms with Crippen molar-refractivity contribution >= 4 is 113 Å². The number of ether oxygens (including phenoxy) is 1. The van der Waals surface area contributed by atoms with Crippen molar-refractivity contribution in [2.75, 3.05) is 0 Å². The van der Waals surface area contributed by atoms with Crippen molar-refractivity contribution in [3.63, 3.8) is 0 Å². The highest BCUT2D eigenvalue weighted by molar-refractivity contribution is 14.1. The number of carbonyl (C=O) groups excluding carboxylic acids is 4. The second-order valence-electron chi connectivity index (χ2n) is 4.74. The van der Waals surface area contributed by atoms with Crippen LogP contribution < -0.4 is 5.32 Å². The Balaban J connectivity index is 3.24. The first kappa shape index (κ1) is 22.6. The fourth-order valence-corrected chi connectivity index (χ4v) is 7.41. The number of nitrogens with one attached hydrogen (secondary N) is 1. The zero-order chi connectivity index (χ0) is 18.8. The van der Waals surface area contributed by atoms with E-state index in [1.165, 1.54) is 19.9 Å². The number of amides is 1. The largest absolute Gasteiger partial charge is 0.453 e. The van der Waals surface area contributed by atoms with Gasteiger partial charge >= 0.3 is 5.97 Å². The van der Waals surface area contributed by atoms with E-state index in [1.54, 1.807) is 22.6 Å². The molecule has 1 amide bonds. The third-order valence-electron chi connectivity index (χ3n) is 2.98. The Labute approximate surface area is 188 Å². The molecule has 0 saturated carbocycles. The zero-order valence-corrected chi connectivity index (χ0v) is 20.1. The summed E-state index contributed by atoms with van der Waals surface area (Å²) in [6.07, 6.45) is 0.456. The molecule has 0 fully saturated rings. The number of esters is 1. The normalized spacial score (nSPS) is 24.8. The van der Waals surface area contributed by atoms with Crippen LogP contribution in [0, 0.1) is 5.92 Å². The lowest BCUT2D eigenvalue weighted by Gasteiger charge is -2.33. The molecule has 11 heteroatoms. The van der Waals surface area contributed by atoms with E-state index in [9.17, 15) is 19.2 Å². The van der Waals surface area contributed by atoms with E-state index >= 15 is 0 Å². The monoisotopic (exact) mass is 711 g/mol. The van der Waals surface area contributed by atoms with Gasteiger partial charge in [0, 0.05) is 14.1 Å². The van der Waals surface area contributed by atoms with Gasteiger partial charge < -0.3 is 10.1 Å². The molecule has 0 heterocycles. The summed E-state index contributed by atoms with van der Waals surface area (Å²) >= 11 is 16.8. The predicted octanol–water partition coefficient (Wildman–Crippen LogP) is 3.35. The molecule has 0 radical (unpaired) electrons. The number of halogens is 5. The summed E-state index contributed by atoms with van der Waals surface area (Å²) in [5.74, 6) is -2.21. The van der Waals surface area contributed by atoms with E-state index in [-0.39, 0.29) is 0 Å². The number of alkyl halides is 1. The number of rotatable bonds is 5. The van der Waals surface area contributed by atoms with Crippen LogP contribution in [0.25, 0.3) is 0 Å². The van der Waals surface area contributed by atoms with E-state index in [2.05, 4.69) is 5.32 Å². The zero-order valence-electron chi connectivity index (χ0n) is 12.2. The smallest absolute Gasteiger partial charge is 0.303 e. The van der Waals surface area contributed by atoms with Crippen molar-refractivity contribution in [1.29, 1.82) is 0 Å². The van der Waals surface area contributed by atoms with Crippen molar-refractivity contribution in [3.05, 3.63) is 18.9 Å². The van der Waals surface area contributed by atoms with Gasteiger partial charge in [0.15, 0.2) is 6.10 Å². The summed E-state index contributed by atoms with van der Waals surface area (Å²) in [6.45, 7) is 2.61. The minimum atomic E-state index is -1.35. The highest BCUT2D eigenvalue weighted by Crippen LogP contribution is 2.48. The minimum absolute atomic E-state index is 0.324. The Kier molecular flexibility index (Phi) is 8.42. The van der Waals surface area contributed by atoms with Gasteiger partial charge in [0.25, 0.3) is 5.91 Å². The maximum atomic E-state index is 12.1. The van der Waals surface area contributed by atoms with Crippen LogP contribution in [0.2, 0.25) is 0 Å². The van der Waals surface area contributed by atoms with E-state index in [0.29, 0.717) is 12.9 Å². The number of hydrogen-bond donors (Lipinski definition) is 1. The molecule has 132 valence electrons. The van der Waals surface area contributed by atoms with Crippen LogP contribution >= 0.6 is 91.0 Å². The number of hydrogen-bond acceptors (Lipinski definition) is 5. The highest BCUT2D eigenvalue weighted by Gasteiger charge is 2.49. The summed E-state index contributed by atoms with van der Waals surface area (Å²) in [5, 5.41) is 1.08. The van der Waals surface area contributed by atoms with Crippen molar-refractivity contribution < 1.29 is 23.9 Å². The molecule has 1 aliphatic rings. The van der Waals surface area contributed by atoms with Crippen molar-refractivity contribution in [2.45, 2.75) is 23.4 Å². The summed E-state index contributed by atoms with van der Waals surface area (Å²) < 4.78 is 4.34. The second kappa shape index (κ2) is 8.95. The average Bonchev–Trinajstić information content (AvgIpc) is 2.41. The molecule has 24 heavy (non-hydrogen) atoms. The SMILES string of the molecule is CC(=O)OC(C)C(=O)NC1=C(I)C(C(=O)Cl)C(I)(C(=O)Cl)C=C1I. The van der Waals surface area contributed by atoms with Gasteiger partial charge in [-0.05, 0) is 81.4 Å². The lowest BCUT2D eigenvalue weighted by molar-refractivity contribution is -0.152. The van der Waals surface area contributed by atoms with E-state index < -0.39 is 37.8 Å². The Bertz CT molecular complexity index is 679. The van der Waals surface area contributed by atoms with Crippen LogP contribution in [0.15, 0.2) is 18.9 Å². The molecule has 0 bridgehead atoms. The maximum absolute atomic E-state index is 12.1. The van der Waals surface area contributed by atoms with E-state index in [4.69, 9.17) is 27.9 Å². The van der Waals surface area contributed by atoms with Gasteiger partial charge in [0.2, 0.25) is 10.5 Å². The quantitative estimate of drug-likeness (QED) is 0.205. The number of allylic oxidation sites excluding steroid dienone is 3. The third kappa shape index (κ3) is 5.04. The fourth-order valence-electron chi connectivity index (χ4n) is 1.86. The molecule has 1 N–H and O–H groups in total. The van der Waals surface area contributed by atoms with Crippen molar-refractivity contribution in [1.82, 2.24) is 5.32 Å². The van der Waals surface area contributed by atoms with Gasteiger partial charge in [-0.2, -0.15) is 0 Å². The van der Waals surface area contributed by atoms with Crippen LogP contribution in [0.5, 0.6) is 0 Å². The van der Waals surface area contributed by atoms with Crippen LogP contribution in [-0.4, -0.2) is 31.9 Å². The molecular weight excluding hydrogens is 702 g/mol. The van der Waals surface area contributed by atoms with Crippen LogP contribution in [0.3, 0.4) is 0 Å². The van der Waals surface area contributed by atoms with Crippen LogP contribution in [0.1, 0.15) is 13.8 Å². The Morgan fingerprint density at radius 1 is 1.29 bits per heavy atom. The highest BCUT2D eigenvalue weighted by atomic mass is 127. The minimum Gasteiger partial charge on any atom is -0.453 e. The van der Waals surface area contributed by atoms with Gasteiger partial charge in [-0.1, -0.05) is 22.6 Å². The standard InChI is InChI=1S/C13H10Cl2I3NO5/c1-4(24-5(2)20)11(22)19-9-6(16)3-13(18,12(15)23)7(8(9)17)10(14)21/h3-4,7H,1-2H3,(H,19,22). The summed E-state index contributed by atoms with van der Waals surface area (Å²) in [6, 6.07) is 0. The Morgan fingerprint density at radius 2 is 1.83 bits per heavy atom. The molecule has 0 aromatic carbocycles. The molecule has 0 aromatic rings. The molecule has 1 rings (SSSR count). The summed E-state index contributed by atoms with van der Waals surface area (Å²) in [4.78, 5) is 46.7. The first-order chi connectivity index (χ1) is 10.9. The van der Waals surface area contributed by atoms with Gasteiger partial charge in [-0.15, -0.1) is 0 Å². The molecule has 3 unspecified atom stereocenters. The van der Waals surface area contributed by atoms with E-state index in [1.807, 2.05) is 45.2 Å². The summed E-state index contributed by atoms with van der Waals surface area (Å²) in [7, 11) is 0. The first-order valence-corrected chi connectivity index (χ1v) is 10.3. The molecule has 0 aliphatic heterocycles. The van der Waals surface area contributed by atoms with Gasteiger partial charge in [-0.25, -0.2) is 0 Å². The first-order valence-electron chi connectivity index (χ1n) is 6.26. The lowest BCUT2D eigenvalue weighted by atomic mass is 9.89. The molecule has 0 spiro atoms. The van der Waals surface area contributed by atoms with Crippen molar-refractivity contribution in [3.8, 4) is 0 Å². The molecule has 0 saturated heterocycles. The van der Waals surface area contributed by atoms with Gasteiger partial charge in [0.1, 0.15) is 3.42 Å². The molecule has 1 aliphatic carbocycles. The van der Waals surface area contributed by atoms with Crippen molar-refractivity contribution in [2.24, 2.45) is 5.92 Å². The summed E-state index contributed by atoms with van der Waals surface area (Å²) in [5.41, 5.74) is 0.324. The average molecular weight is 712 g/mol. The lowest BCUT2D eigenvalue weighted by Crippen LogP contribution is -2.44. The maximum Gasteiger partial charge on any atom is 0.303 e. The fraction of sp³-hybridized carbons (Fsp3) is 0.385. The second-order valence-corrected chi connectivity index (χ2v) is 9.56. The Hall–Kier alpha value is 0.530. The molecule has 6 nitrogen and oxygen atoms in total. The topological polar surface area (TPSA) is 89.5 Å². The van der Waals surface area contributed by atoms with E-state index in [0.717, 1.165) is 0 Å². The predicted molar refractivity (Wildman–Crippen MR) is 114 cm³/mol. The van der Waals surface area contributed by atoms with Gasteiger partial charge in [0.05, 0.1) is 11.6 Å². The number of carbonyl (C=O) groups is 4. The van der Waals surface area contributed by atoms with Crippen LogP contribution in [0.4, 0.5) is 0 Å².